The van der Waals surface area contributed by atoms with Crippen LogP contribution in [0.1, 0.15) is 28.5 Å². The third-order valence-corrected chi connectivity index (χ3v) is 5.76. The summed E-state index contributed by atoms with van der Waals surface area (Å²) in [6, 6.07) is 14.0. The van der Waals surface area contributed by atoms with Crippen molar-refractivity contribution in [2.45, 2.75) is 20.8 Å². The van der Waals surface area contributed by atoms with Crippen LogP contribution in [0.15, 0.2) is 48.5 Å². The Balaban J connectivity index is 1.70. The minimum atomic E-state index is -0.398. The Hall–Kier alpha value is -3.68. The average Bonchev–Trinajstić information content (AvgIpc) is 3.25. The zero-order valence-electron chi connectivity index (χ0n) is 19.0. The van der Waals surface area contributed by atoms with Gasteiger partial charge in [0.25, 0.3) is 5.91 Å². The first-order valence-electron chi connectivity index (χ1n) is 11.0. The van der Waals surface area contributed by atoms with Crippen LogP contribution in [0.25, 0.3) is 16.9 Å². The first-order chi connectivity index (χ1) is 15.9. The minimum Gasteiger partial charge on any atom is -0.450 e. The second-order valence-electron chi connectivity index (χ2n) is 8.07. The van der Waals surface area contributed by atoms with Crippen LogP contribution in [0.5, 0.6) is 0 Å². The number of piperazine rings is 1. The monoisotopic (exact) mass is 450 g/mol. The van der Waals surface area contributed by atoms with Gasteiger partial charge in [0.1, 0.15) is 11.5 Å². The van der Waals surface area contributed by atoms with Gasteiger partial charge >= 0.3 is 6.09 Å². The molecule has 33 heavy (non-hydrogen) atoms. The highest BCUT2D eigenvalue weighted by atomic mass is 19.1. The van der Waals surface area contributed by atoms with Gasteiger partial charge in [-0.2, -0.15) is 5.10 Å². The average molecular weight is 451 g/mol. The van der Waals surface area contributed by atoms with Crippen LogP contribution in [0, 0.1) is 19.7 Å². The molecule has 1 aromatic heterocycles. The molecule has 2 heterocycles. The summed E-state index contributed by atoms with van der Waals surface area (Å²) in [4.78, 5) is 28.8. The van der Waals surface area contributed by atoms with Gasteiger partial charge in [-0.25, -0.2) is 13.9 Å². The molecule has 7 nitrogen and oxygen atoms in total. The van der Waals surface area contributed by atoms with Crippen LogP contribution in [-0.4, -0.2) is 64.4 Å². The number of aromatic nitrogens is 2. The largest absolute Gasteiger partial charge is 0.450 e. The van der Waals surface area contributed by atoms with Gasteiger partial charge < -0.3 is 14.5 Å². The number of carbonyl (C=O) groups is 2. The van der Waals surface area contributed by atoms with Gasteiger partial charge in [0.05, 0.1) is 18.0 Å². The van der Waals surface area contributed by atoms with Gasteiger partial charge in [0, 0.05) is 31.7 Å². The van der Waals surface area contributed by atoms with E-state index in [2.05, 4.69) is 5.10 Å². The van der Waals surface area contributed by atoms with E-state index in [1.807, 2.05) is 32.0 Å². The molecule has 1 aliphatic heterocycles. The van der Waals surface area contributed by atoms with Crippen LogP contribution in [0.3, 0.4) is 0 Å². The number of hydrogen-bond donors (Lipinski definition) is 0. The van der Waals surface area contributed by atoms with Gasteiger partial charge in [-0.05, 0) is 56.2 Å². The molecule has 0 N–H and O–H groups in total. The number of benzene rings is 2. The summed E-state index contributed by atoms with van der Waals surface area (Å²) in [6.07, 6.45) is -0.369. The van der Waals surface area contributed by atoms with Crippen molar-refractivity contribution in [2.24, 2.45) is 0 Å². The fraction of sp³-hybridized carbons (Fsp3) is 0.320. The highest BCUT2D eigenvalue weighted by Crippen LogP contribution is 2.27. The lowest BCUT2D eigenvalue weighted by molar-refractivity contribution is 0.0563. The Morgan fingerprint density at radius 1 is 1.00 bits per heavy atom. The number of ether oxygens (including phenoxy) is 1. The number of hydrogen-bond acceptors (Lipinski definition) is 4. The lowest BCUT2D eigenvalue weighted by Gasteiger charge is -2.34. The zero-order chi connectivity index (χ0) is 23.5. The number of rotatable bonds is 4. The summed E-state index contributed by atoms with van der Waals surface area (Å²) in [6.45, 7) is 7.54. The molecule has 0 aliphatic carbocycles. The second kappa shape index (κ2) is 9.44. The molecule has 0 unspecified atom stereocenters. The van der Waals surface area contributed by atoms with Gasteiger partial charge in [-0.3, -0.25) is 4.79 Å². The molecule has 4 rings (SSSR count). The fourth-order valence-electron chi connectivity index (χ4n) is 3.93. The molecule has 1 fully saturated rings. The van der Waals surface area contributed by atoms with Gasteiger partial charge in [-0.15, -0.1) is 0 Å². The maximum absolute atomic E-state index is 14.5. The Kier molecular flexibility index (Phi) is 6.44. The lowest BCUT2D eigenvalue weighted by atomic mass is 10.1. The van der Waals surface area contributed by atoms with Crippen molar-refractivity contribution in [2.75, 3.05) is 32.8 Å². The fourth-order valence-corrected chi connectivity index (χ4v) is 3.93. The maximum Gasteiger partial charge on any atom is 0.409 e. The molecule has 0 spiro atoms. The van der Waals surface area contributed by atoms with E-state index in [-0.39, 0.29) is 12.0 Å². The van der Waals surface area contributed by atoms with Crippen LogP contribution in [-0.2, 0) is 4.74 Å². The number of amides is 2. The molecule has 2 amide bonds. The summed E-state index contributed by atoms with van der Waals surface area (Å²) in [5.74, 6) is -0.611. The zero-order valence-corrected chi connectivity index (χ0v) is 19.0. The molecule has 0 radical (unpaired) electrons. The molecule has 1 saturated heterocycles. The van der Waals surface area contributed by atoms with E-state index >= 15 is 0 Å². The quantitative estimate of drug-likeness (QED) is 0.597. The smallest absolute Gasteiger partial charge is 0.409 e. The molecule has 172 valence electrons. The molecule has 3 aromatic rings. The molecular formula is C25H27FN4O3. The van der Waals surface area contributed by atoms with Crippen molar-refractivity contribution in [3.63, 3.8) is 0 Å². The highest BCUT2D eigenvalue weighted by molar-refractivity contribution is 5.94. The van der Waals surface area contributed by atoms with Crippen molar-refractivity contribution in [1.82, 2.24) is 19.6 Å². The summed E-state index contributed by atoms with van der Waals surface area (Å²) < 4.78 is 21.2. The van der Waals surface area contributed by atoms with Crippen molar-refractivity contribution < 1.29 is 18.7 Å². The first-order valence-corrected chi connectivity index (χ1v) is 11.0. The highest BCUT2D eigenvalue weighted by Gasteiger charge is 2.29. The van der Waals surface area contributed by atoms with Gasteiger partial charge in [0.2, 0.25) is 0 Å². The maximum atomic E-state index is 14.5. The molecule has 0 bridgehead atoms. The van der Waals surface area contributed by atoms with E-state index in [1.54, 1.807) is 45.7 Å². The van der Waals surface area contributed by atoms with E-state index in [1.165, 1.54) is 6.07 Å². The van der Waals surface area contributed by atoms with Crippen LogP contribution in [0.4, 0.5) is 9.18 Å². The van der Waals surface area contributed by atoms with Gasteiger partial charge in [0.15, 0.2) is 0 Å². The van der Waals surface area contributed by atoms with E-state index in [9.17, 15) is 14.0 Å². The number of carbonyl (C=O) groups excluding carboxylic acids is 2. The molecular weight excluding hydrogens is 423 g/mol. The number of aryl methyl sites for hydroxylation is 2. The SMILES string of the molecule is CCOC(=O)N1CCN(C(=O)c2cc(-c3ccccc3F)nn2-c2cc(C)ccc2C)CC1. The molecule has 0 saturated carbocycles. The molecule has 1 aliphatic rings. The van der Waals surface area contributed by atoms with E-state index in [4.69, 9.17) is 4.74 Å². The third-order valence-electron chi connectivity index (χ3n) is 5.76. The van der Waals surface area contributed by atoms with E-state index < -0.39 is 5.82 Å². The summed E-state index contributed by atoms with van der Waals surface area (Å²) in [5, 5.41) is 4.64. The predicted octanol–water partition coefficient (Wildman–Crippen LogP) is 4.21. The second-order valence-corrected chi connectivity index (χ2v) is 8.07. The van der Waals surface area contributed by atoms with Gasteiger partial charge in [-0.1, -0.05) is 24.3 Å². The molecule has 8 heteroatoms. The lowest BCUT2D eigenvalue weighted by Crippen LogP contribution is -2.51. The number of halogens is 1. The summed E-state index contributed by atoms with van der Waals surface area (Å²) in [5.41, 5.74) is 3.83. The topological polar surface area (TPSA) is 67.7 Å². The molecule has 2 aromatic carbocycles. The van der Waals surface area contributed by atoms with Crippen LogP contribution >= 0.6 is 0 Å². The Morgan fingerprint density at radius 3 is 2.39 bits per heavy atom. The Morgan fingerprint density at radius 2 is 1.70 bits per heavy atom. The molecule has 0 atom stereocenters. The van der Waals surface area contributed by atoms with E-state index in [0.29, 0.717) is 49.7 Å². The van der Waals surface area contributed by atoms with E-state index in [0.717, 1.165) is 16.8 Å². The van der Waals surface area contributed by atoms with Crippen molar-refractivity contribution in [3.05, 3.63) is 71.2 Å². The van der Waals surface area contributed by atoms with Crippen LogP contribution < -0.4 is 0 Å². The van der Waals surface area contributed by atoms with Crippen LogP contribution in [0.2, 0.25) is 0 Å². The summed E-state index contributed by atoms with van der Waals surface area (Å²) >= 11 is 0. The normalized spacial score (nSPS) is 13.8. The minimum absolute atomic E-state index is 0.213. The predicted molar refractivity (Wildman–Crippen MR) is 123 cm³/mol. The standard InChI is InChI=1S/C25H27FN4O3/c1-4-33-25(32)29-13-11-28(12-14-29)24(31)23-16-21(19-7-5-6-8-20(19)26)27-30(23)22-15-17(2)9-10-18(22)3/h5-10,15-16H,4,11-14H2,1-3H3. The first kappa shape index (κ1) is 22.5. The number of nitrogens with zero attached hydrogens (tertiary/aromatic N) is 4. The van der Waals surface area contributed by atoms with Crippen molar-refractivity contribution in [3.8, 4) is 16.9 Å². The summed E-state index contributed by atoms with van der Waals surface area (Å²) in [7, 11) is 0. The van der Waals surface area contributed by atoms with Crippen molar-refractivity contribution in [1.29, 1.82) is 0 Å². The van der Waals surface area contributed by atoms with Crippen molar-refractivity contribution >= 4 is 12.0 Å². The Bertz CT molecular complexity index is 1180. The third kappa shape index (κ3) is 4.60. The Labute approximate surface area is 192 Å².